The maximum Gasteiger partial charge on any atom is 0.264 e. The van der Waals surface area contributed by atoms with Crippen molar-refractivity contribution in [3.8, 4) is 89.0 Å². The molecule has 0 amide bonds. The molecule has 420 valence electrons. The van der Waals surface area contributed by atoms with E-state index in [4.69, 9.17) is 9.97 Å². The first-order valence-corrected chi connectivity index (χ1v) is 30.4. The van der Waals surface area contributed by atoms with Crippen LogP contribution in [0.4, 0.5) is 0 Å². The van der Waals surface area contributed by atoms with E-state index >= 15 is 0 Å². The van der Waals surface area contributed by atoms with Crippen molar-refractivity contribution in [1.29, 1.82) is 0 Å². The smallest absolute Gasteiger partial charge is 0.264 e. The highest BCUT2D eigenvalue weighted by Gasteiger charge is 2.28. The van der Waals surface area contributed by atoms with Gasteiger partial charge in [-0.25, -0.2) is 9.97 Å². The van der Waals surface area contributed by atoms with Gasteiger partial charge in [-0.3, -0.25) is 18.4 Å². The Balaban J connectivity index is 0.000000139. The number of rotatable bonds is 8. The van der Waals surface area contributed by atoms with Crippen LogP contribution in [0.2, 0.25) is 0 Å². The Labute approximate surface area is 517 Å². The molecule has 0 fully saturated rings. The van der Waals surface area contributed by atoms with Crippen molar-refractivity contribution in [2.75, 3.05) is 0 Å². The second-order valence-corrected chi connectivity index (χ2v) is 22.9. The lowest BCUT2D eigenvalue weighted by Crippen LogP contribution is -2.14. The third kappa shape index (κ3) is 8.34. The maximum absolute atomic E-state index is 14.7. The molecule has 0 aliphatic carbocycles. The monoisotopic (exact) mass is 1150 g/mol. The molecule has 90 heavy (non-hydrogen) atoms. The summed E-state index contributed by atoms with van der Waals surface area (Å²) in [6.07, 6.45) is 0. The van der Waals surface area contributed by atoms with Crippen molar-refractivity contribution < 1.29 is 0 Å². The fourth-order valence-electron chi connectivity index (χ4n) is 14.0. The summed E-state index contributed by atoms with van der Waals surface area (Å²) in [6.45, 7) is 0. The van der Waals surface area contributed by atoms with Gasteiger partial charge in [0.25, 0.3) is 11.1 Å². The lowest BCUT2D eigenvalue weighted by atomic mass is 9.86. The Bertz CT molecular complexity index is 5570. The van der Waals surface area contributed by atoms with Gasteiger partial charge in [-0.1, -0.05) is 285 Å². The molecule has 0 saturated carbocycles. The first-order chi connectivity index (χ1) is 44.6. The zero-order valence-corrected chi connectivity index (χ0v) is 48.6. The first-order valence-electron chi connectivity index (χ1n) is 30.4. The predicted molar refractivity (Wildman–Crippen MR) is 374 cm³/mol. The molecule has 0 spiro atoms. The SMILES string of the molecule is O=c1c2ccc(-c3ccccc3)c3cccc(c32)c2nc3cc(-c4ccccc4)c(-c4ccccc4)c(-c4ccccc4)c3n12.O=c1c2cccc3c(-c4ccccc4)ccc(c32)c2nc3cc(-c4ccccc4)c(-c4ccccc4)c(-c4ccccc4)c3n12. The Kier molecular flexibility index (Phi) is 12.4. The van der Waals surface area contributed by atoms with Crippen molar-refractivity contribution in [3.05, 3.63) is 336 Å². The fraction of sp³-hybridized carbons (Fsp3) is 0. The lowest BCUT2D eigenvalue weighted by Gasteiger charge is -2.18. The minimum Gasteiger partial charge on any atom is -0.268 e. The molecule has 0 atom stereocenters. The molecule has 0 radical (unpaired) electrons. The number of pyridine rings is 2. The van der Waals surface area contributed by atoms with Crippen LogP contribution in [0.15, 0.2) is 325 Å². The van der Waals surface area contributed by atoms with Gasteiger partial charge in [0.15, 0.2) is 0 Å². The molecule has 4 aromatic heterocycles. The summed E-state index contributed by atoms with van der Waals surface area (Å²) in [5.41, 5.74) is 21.8. The second-order valence-electron chi connectivity index (χ2n) is 22.9. The molecule has 6 nitrogen and oxygen atoms in total. The van der Waals surface area contributed by atoms with E-state index in [9.17, 15) is 9.59 Å². The van der Waals surface area contributed by atoms with E-state index < -0.39 is 0 Å². The third-order valence-corrected chi connectivity index (χ3v) is 17.9. The predicted octanol–water partition coefficient (Wildman–Crippen LogP) is 20.5. The van der Waals surface area contributed by atoms with Gasteiger partial charge >= 0.3 is 0 Å². The number of fused-ring (bicyclic) bond motifs is 8. The van der Waals surface area contributed by atoms with Crippen LogP contribution in [0, 0.1) is 0 Å². The van der Waals surface area contributed by atoms with E-state index in [-0.39, 0.29) is 11.1 Å². The zero-order valence-electron chi connectivity index (χ0n) is 48.6. The molecule has 6 heteroatoms. The van der Waals surface area contributed by atoms with Crippen molar-refractivity contribution in [2.24, 2.45) is 0 Å². The molecule has 0 aliphatic rings. The van der Waals surface area contributed by atoms with Gasteiger partial charge in [0.2, 0.25) is 0 Å². The minimum absolute atomic E-state index is 0.0561. The van der Waals surface area contributed by atoms with Crippen LogP contribution in [-0.2, 0) is 0 Å². The minimum atomic E-state index is -0.0561. The van der Waals surface area contributed by atoms with Gasteiger partial charge in [0.05, 0.1) is 22.1 Å². The molecule has 18 rings (SSSR count). The Morgan fingerprint density at radius 2 is 0.489 bits per heavy atom. The van der Waals surface area contributed by atoms with Crippen molar-refractivity contribution in [3.63, 3.8) is 0 Å². The van der Waals surface area contributed by atoms with Crippen LogP contribution >= 0.6 is 0 Å². The van der Waals surface area contributed by atoms with E-state index in [0.717, 1.165) is 143 Å². The number of benzene rings is 14. The number of hydrogen-bond donors (Lipinski definition) is 0. The van der Waals surface area contributed by atoms with E-state index in [1.54, 1.807) is 0 Å². The van der Waals surface area contributed by atoms with Gasteiger partial charge in [-0.15, -0.1) is 0 Å². The molecule has 0 aliphatic heterocycles. The zero-order chi connectivity index (χ0) is 59.8. The standard InChI is InChI=1S/2C42H26N2O/c45-42-34-23-13-22-32-31(27-14-5-1-6-15-27)24-25-33(39(32)34)41-43-36-26-35(28-16-7-2-8-17-28)37(29-18-9-3-10-19-29)38(40(36)44(41)42)30-20-11-4-12-21-30;45-42-34-25-24-31(27-14-5-1-6-15-27)32-22-13-23-33(39(32)34)41-43-36-26-35(28-16-7-2-8-17-28)37(29-18-9-3-10-19-29)38(40(36)44(41)42)30-20-11-4-12-21-30/h2*1-26H. The molecule has 0 saturated heterocycles. The second kappa shape index (κ2) is 21.4. The quantitative estimate of drug-likeness (QED) is 0.152. The van der Waals surface area contributed by atoms with Gasteiger partial charge in [0, 0.05) is 43.4 Å². The largest absolute Gasteiger partial charge is 0.268 e. The molecule has 0 N–H and O–H groups in total. The summed E-state index contributed by atoms with van der Waals surface area (Å²) >= 11 is 0. The summed E-state index contributed by atoms with van der Waals surface area (Å²) in [5, 5.41) is 7.36. The average Bonchev–Trinajstić information content (AvgIpc) is 1.52. The van der Waals surface area contributed by atoms with Crippen molar-refractivity contribution in [1.82, 2.24) is 18.8 Å². The maximum atomic E-state index is 14.7. The van der Waals surface area contributed by atoms with Crippen LogP contribution in [0.5, 0.6) is 0 Å². The van der Waals surface area contributed by atoms with Gasteiger partial charge in [0.1, 0.15) is 11.3 Å². The number of imidazole rings is 2. The molecule has 4 heterocycles. The van der Waals surface area contributed by atoms with E-state index in [2.05, 4.69) is 249 Å². The highest BCUT2D eigenvalue weighted by atomic mass is 16.1. The Morgan fingerprint density at radius 3 is 0.844 bits per heavy atom. The van der Waals surface area contributed by atoms with E-state index in [1.807, 2.05) is 75.5 Å². The summed E-state index contributed by atoms with van der Waals surface area (Å²) in [5.74, 6) is 0. The highest BCUT2D eigenvalue weighted by molar-refractivity contribution is 6.22. The third-order valence-electron chi connectivity index (χ3n) is 17.9. The molecule has 14 aromatic carbocycles. The summed E-state index contributed by atoms with van der Waals surface area (Å²) in [7, 11) is 0. The van der Waals surface area contributed by atoms with Crippen LogP contribution in [-0.4, -0.2) is 18.8 Å². The fourth-order valence-corrected chi connectivity index (χ4v) is 14.0. The molecular formula is C84H52N4O2. The molecular weight excluding hydrogens is 1100 g/mol. The summed E-state index contributed by atoms with van der Waals surface area (Å²) < 4.78 is 3.72. The summed E-state index contributed by atoms with van der Waals surface area (Å²) in [6, 6.07) is 108. The van der Waals surface area contributed by atoms with Crippen molar-refractivity contribution in [2.45, 2.75) is 0 Å². The molecule has 0 bridgehead atoms. The molecule has 18 aromatic rings. The van der Waals surface area contributed by atoms with Crippen molar-refractivity contribution >= 4 is 76.5 Å². The van der Waals surface area contributed by atoms with Gasteiger partial charge in [-0.2, -0.15) is 0 Å². The van der Waals surface area contributed by atoms with E-state index in [0.29, 0.717) is 22.1 Å². The number of nitrogens with zero attached hydrogens (tertiary/aromatic N) is 4. The first kappa shape index (κ1) is 52.2. The van der Waals surface area contributed by atoms with Crippen LogP contribution in [0.3, 0.4) is 0 Å². The van der Waals surface area contributed by atoms with Crippen LogP contribution in [0.1, 0.15) is 0 Å². The molecule has 0 unspecified atom stereocenters. The number of aromatic nitrogens is 4. The normalized spacial score (nSPS) is 11.6. The summed E-state index contributed by atoms with van der Waals surface area (Å²) in [4.78, 5) is 40.0. The average molecular weight is 1150 g/mol. The van der Waals surface area contributed by atoms with Gasteiger partial charge < -0.3 is 0 Å². The highest BCUT2D eigenvalue weighted by Crippen LogP contribution is 2.48. The van der Waals surface area contributed by atoms with Gasteiger partial charge in [-0.05, 0) is 119 Å². The number of hydrogen-bond acceptors (Lipinski definition) is 4. The van der Waals surface area contributed by atoms with E-state index in [1.165, 1.54) is 0 Å². The van der Waals surface area contributed by atoms with Crippen LogP contribution < -0.4 is 11.1 Å². The topological polar surface area (TPSA) is 68.7 Å². The Hall–Kier alpha value is -12.1. The Morgan fingerprint density at radius 1 is 0.222 bits per heavy atom. The van der Waals surface area contributed by atoms with Crippen LogP contribution in [0.25, 0.3) is 165 Å². The lowest BCUT2D eigenvalue weighted by molar-refractivity contribution is 1.19.